The van der Waals surface area contributed by atoms with Crippen LogP contribution < -0.4 is 0 Å². The first-order valence-electron chi connectivity index (χ1n) is 9.24. The lowest BCUT2D eigenvalue weighted by Gasteiger charge is -2.37. The summed E-state index contributed by atoms with van der Waals surface area (Å²) in [4.78, 5) is 2.35. The fourth-order valence-electron chi connectivity index (χ4n) is 3.90. The highest BCUT2D eigenvalue weighted by Crippen LogP contribution is 2.35. The van der Waals surface area contributed by atoms with Crippen molar-refractivity contribution < 1.29 is 18.3 Å². The molecule has 1 aromatic carbocycles. The Kier molecular flexibility index (Phi) is 6.56. The van der Waals surface area contributed by atoms with Crippen LogP contribution in [-0.2, 0) is 11.6 Å². The summed E-state index contributed by atoms with van der Waals surface area (Å²) in [7, 11) is 0. The number of allylic oxidation sites excluding steroid dienone is 1. The minimum atomic E-state index is -4.31. The van der Waals surface area contributed by atoms with Crippen LogP contribution >= 0.6 is 0 Å². The molecule has 1 fully saturated rings. The molecule has 2 nitrogen and oxygen atoms in total. The summed E-state index contributed by atoms with van der Waals surface area (Å²) in [5, 5.41) is 9.67. The van der Waals surface area contributed by atoms with E-state index in [1.807, 2.05) is 0 Å². The molecule has 1 heterocycles. The number of hydrogen-bond acceptors (Lipinski definition) is 2. The topological polar surface area (TPSA) is 23.5 Å². The number of nitrogens with zero attached hydrogens (tertiary/aromatic N) is 1. The van der Waals surface area contributed by atoms with E-state index in [-0.39, 0.29) is 24.1 Å². The Morgan fingerprint density at radius 3 is 2.27 bits per heavy atom. The molecule has 0 aromatic heterocycles. The van der Waals surface area contributed by atoms with E-state index in [1.54, 1.807) is 12.1 Å². The molecule has 1 aromatic rings. The van der Waals surface area contributed by atoms with Crippen molar-refractivity contribution >= 4 is 0 Å². The predicted octanol–water partition coefficient (Wildman–Crippen LogP) is 5.16. The lowest BCUT2D eigenvalue weighted by Crippen LogP contribution is -2.43. The van der Waals surface area contributed by atoms with E-state index in [9.17, 15) is 18.3 Å². The maximum absolute atomic E-state index is 12.8. The summed E-state index contributed by atoms with van der Waals surface area (Å²) in [6.07, 6.45) is 0.764. The van der Waals surface area contributed by atoms with Crippen molar-refractivity contribution in [2.24, 2.45) is 0 Å². The molecule has 0 spiro atoms. The second-order valence-corrected chi connectivity index (χ2v) is 8.19. The van der Waals surface area contributed by atoms with Gasteiger partial charge in [-0.3, -0.25) is 4.90 Å². The maximum atomic E-state index is 12.8. The van der Waals surface area contributed by atoms with Crippen LogP contribution in [0.4, 0.5) is 13.2 Å². The van der Waals surface area contributed by atoms with E-state index >= 15 is 0 Å². The van der Waals surface area contributed by atoms with E-state index in [1.165, 1.54) is 17.7 Å². The largest absolute Gasteiger partial charge is 0.416 e. The lowest BCUT2D eigenvalue weighted by molar-refractivity contribution is -0.137. The first kappa shape index (κ1) is 21.0. The van der Waals surface area contributed by atoms with Crippen LogP contribution in [0.1, 0.15) is 58.1 Å². The van der Waals surface area contributed by atoms with Gasteiger partial charge in [0.05, 0.1) is 12.2 Å². The summed E-state index contributed by atoms with van der Waals surface area (Å²) in [5.41, 5.74) is 1.22. The van der Waals surface area contributed by atoms with E-state index in [0.717, 1.165) is 31.4 Å². The molecule has 1 aliphatic rings. The second kappa shape index (κ2) is 8.13. The Bertz CT molecular complexity index is 615. The highest BCUT2D eigenvalue weighted by molar-refractivity contribution is 5.30. The van der Waals surface area contributed by atoms with Gasteiger partial charge >= 0.3 is 6.18 Å². The van der Waals surface area contributed by atoms with Crippen molar-refractivity contribution in [2.45, 2.75) is 70.6 Å². The normalized spacial score (nSPS) is 20.2. The van der Waals surface area contributed by atoms with Gasteiger partial charge in [-0.1, -0.05) is 37.6 Å². The number of aliphatic hydroxyl groups is 1. The zero-order chi connectivity index (χ0) is 19.5. The molecule has 146 valence electrons. The van der Waals surface area contributed by atoms with Gasteiger partial charge in [0.25, 0.3) is 0 Å². The third kappa shape index (κ3) is 5.10. The van der Waals surface area contributed by atoms with Crippen LogP contribution in [0.2, 0.25) is 0 Å². The van der Waals surface area contributed by atoms with Gasteiger partial charge in [0.15, 0.2) is 0 Å². The molecule has 1 aliphatic heterocycles. The number of aliphatic hydroxyl groups excluding tert-OH is 1. The van der Waals surface area contributed by atoms with Crippen molar-refractivity contribution in [3.8, 4) is 0 Å². The molecule has 2 atom stereocenters. The van der Waals surface area contributed by atoms with Gasteiger partial charge in [0.1, 0.15) is 0 Å². The van der Waals surface area contributed by atoms with E-state index in [0.29, 0.717) is 0 Å². The summed E-state index contributed by atoms with van der Waals surface area (Å²) < 4.78 is 38.5. The SMILES string of the molecule is CC(C)=C[C@H](CC(C)(C)c1ccc(C(F)(F)F)cc1)N1CCC[C@@H]1CO. The molecule has 0 bridgehead atoms. The van der Waals surface area contributed by atoms with Crippen molar-refractivity contribution in [2.75, 3.05) is 13.2 Å². The minimum Gasteiger partial charge on any atom is -0.395 e. The third-order valence-corrected chi connectivity index (χ3v) is 5.30. The molecule has 1 saturated heterocycles. The van der Waals surface area contributed by atoms with Gasteiger partial charge in [-0.15, -0.1) is 0 Å². The molecule has 2 rings (SSSR count). The number of benzene rings is 1. The minimum absolute atomic E-state index is 0.147. The highest BCUT2D eigenvalue weighted by Gasteiger charge is 2.34. The summed E-state index contributed by atoms with van der Waals surface area (Å²) in [5.74, 6) is 0. The first-order valence-corrected chi connectivity index (χ1v) is 9.24. The van der Waals surface area contributed by atoms with Gasteiger partial charge in [0.2, 0.25) is 0 Å². The molecule has 0 saturated carbocycles. The summed E-state index contributed by atoms with van der Waals surface area (Å²) in [6, 6.07) is 5.85. The van der Waals surface area contributed by atoms with E-state index < -0.39 is 11.7 Å². The zero-order valence-corrected chi connectivity index (χ0v) is 16.1. The van der Waals surface area contributed by atoms with Gasteiger partial charge in [-0.2, -0.15) is 13.2 Å². The molecule has 0 aliphatic carbocycles. The smallest absolute Gasteiger partial charge is 0.395 e. The third-order valence-electron chi connectivity index (χ3n) is 5.30. The van der Waals surface area contributed by atoms with E-state index in [4.69, 9.17) is 0 Å². The van der Waals surface area contributed by atoms with Crippen LogP contribution in [0.3, 0.4) is 0 Å². The number of likely N-dealkylation sites (tertiary alicyclic amines) is 1. The van der Waals surface area contributed by atoms with Crippen LogP contribution in [-0.4, -0.2) is 35.2 Å². The zero-order valence-electron chi connectivity index (χ0n) is 16.1. The highest BCUT2D eigenvalue weighted by atomic mass is 19.4. The van der Waals surface area contributed by atoms with Gasteiger partial charge < -0.3 is 5.11 Å². The fraction of sp³-hybridized carbons (Fsp3) is 0.619. The Labute approximate surface area is 154 Å². The quantitative estimate of drug-likeness (QED) is 0.700. The predicted molar refractivity (Wildman–Crippen MR) is 99.1 cm³/mol. The van der Waals surface area contributed by atoms with Gasteiger partial charge in [-0.05, 0) is 62.8 Å². The summed E-state index contributed by atoms with van der Waals surface area (Å²) in [6.45, 7) is 9.36. The molecule has 0 radical (unpaired) electrons. The van der Waals surface area contributed by atoms with Crippen molar-refractivity contribution in [1.82, 2.24) is 4.90 Å². The number of rotatable bonds is 6. The number of hydrogen-bond donors (Lipinski definition) is 1. The number of alkyl halides is 3. The standard InChI is InChI=1S/C21H30F3NO/c1-15(2)12-19(25-11-5-6-18(25)14-26)13-20(3,4)16-7-9-17(10-8-16)21(22,23)24/h7-10,12,18-19,26H,5-6,11,13-14H2,1-4H3/t18-,19-/m1/s1. The molecular weight excluding hydrogens is 339 g/mol. The van der Waals surface area contributed by atoms with E-state index in [2.05, 4.69) is 38.7 Å². The Balaban J connectivity index is 2.24. The number of halogens is 3. The Hall–Kier alpha value is -1.33. The van der Waals surface area contributed by atoms with Crippen LogP contribution in [0.5, 0.6) is 0 Å². The van der Waals surface area contributed by atoms with Gasteiger partial charge in [-0.25, -0.2) is 0 Å². The second-order valence-electron chi connectivity index (χ2n) is 8.19. The average Bonchev–Trinajstić information content (AvgIpc) is 3.01. The van der Waals surface area contributed by atoms with Gasteiger partial charge in [0, 0.05) is 12.1 Å². The van der Waals surface area contributed by atoms with Crippen molar-refractivity contribution in [1.29, 1.82) is 0 Å². The van der Waals surface area contributed by atoms with Crippen molar-refractivity contribution in [3.63, 3.8) is 0 Å². The molecule has 0 unspecified atom stereocenters. The molecular formula is C21H30F3NO. The summed E-state index contributed by atoms with van der Waals surface area (Å²) >= 11 is 0. The fourth-order valence-corrected chi connectivity index (χ4v) is 3.90. The molecule has 5 heteroatoms. The first-order chi connectivity index (χ1) is 12.0. The lowest BCUT2D eigenvalue weighted by atomic mass is 9.78. The van der Waals surface area contributed by atoms with Crippen LogP contribution in [0.25, 0.3) is 0 Å². The molecule has 1 N–H and O–H groups in total. The monoisotopic (exact) mass is 369 g/mol. The van der Waals surface area contributed by atoms with Crippen LogP contribution in [0, 0.1) is 0 Å². The molecule has 26 heavy (non-hydrogen) atoms. The Morgan fingerprint density at radius 1 is 1.19 bits per heavy atom. The molecule has 0 amide bonds. The average molecular weight is 369 g/mol. The van der Waals surface area contributed by atoms with Crippen molar-refractivity contribution in [3.05, 3.63) is 47.0 Å². The van der Waals surface area contributed by atoms with Crippen LogP contribution in [0.15, 0.2) is 35.9 Å². The maximum Gasteiger partial charge on any atom is 0.416 e. The Morgan fingerprint density at radius 2 is 1.77 bits per heavy atom.